The van der Waals surface area contributed by atoms with Crippen molar-refractivity contribution in [2.45, 2.75) is 32.5 Å². The lowest BCUT2D eigenvalue weighted by molar-refractivity contribution is -0.0981. The minimum absolute atomic E-state index is 0.00178. The van der Waals surface area contributed by atoms with Gasteiger partial charge in [0.1, 0.15) is 11.5 Å². The number of ether oxygens (including phenoxy) is 2. The molecule has 1 heterocycles. The third kappa shape index (κ3) is 3.51. The minimum atomic E-state index is -4.48. The molecule has 1 aromatic rings. The lowest BCUT2D eigenvalue weighted by Crippen LogP contribution is -2.35. The van der Waals surface area contributed by atoms with Crippen LogP contribution in [0.25, 0.3) is 0 Å². The first kappa shape index (κ1) is 19.0. The minimum Gasteiger partial charge on any atom is -0.464 e. The molecule has 0 fully saturated rings. The second-order valence-electron chi connectivity index (χ2n) is 5.97. The van der Waals surface area contributed by atoms with E-state index in [1.165, 1.54) is 12.1 Å². The van der Waals surface area contributed by atoms with E-state index >= 15 is 0 Å². The highest BCUT2D eigenvalue weighted by Gasteiger charge is 2.43. The lowest BCUT2D eigenvalue weighted by Gasteiger charge is -2.25. The number of sulfonamides is 1. The molecule has 0 radical (unpaired) electrons. The van der Waals surface area contributed by atoms with E-state index in [0.29, 0.717) is 12.4 Å². The van der Waals surface area contributed by atoms with Gasteiger partial charge in [0.25, 0.3) is 0 Å². The summed E-state index contributed by atoms with van der Waals surface area (Å²) in [7, 11) is -7.52. The monoisotopic (exact) mass is 379 g/mol. The van der Waals surface area contributed by atoms with Crippen LogP contribution < -0.4 is 8.92 Å². The highest BCUT2D eigenvalue weighted by atomic mass is 32.3. The molecule has 0 bridgehead atoms. The van der Waals surface area contributed by atoms with Crippen molar-refractivity contribution in [2.24, 2.45) is 0 Å². The van der Waals surface area contributed by atoms with Gasteiger partial charge in [0.05, 0.1) is 11.7 Å². The largest absolute Gasteiger partial charge is 0.464 e. The van der Waals surface area contributed by atoms with Gasteiger partial charge in [-0.1, -0.05) is 3.71 Å². The van der Waals surface area contributed by atoms with Crippen LogP contribution >= 0.6 is 0 Å². The van der Waals surface area contributed by atoms with Crippen LogP contribution in [0.2, 0.25) is 0 Å². The van der Waals surface area contributed by atoms with Gasteiger partial charge >= 0.3 is 10.3 Å². The van der Waals surface area contributed by atoms with Crippen molar-refractivity contribution in [3.8, 4) is 11.5 Å². The molecule has 1 aliphatic heterocycles. The van der Waals surface area contributed by atoms with Crippen molar-refractivity contribution in [2.75, 3.05) is 19.9 Å². The summed E-state index contributed by atoms with van der Waals surface area (Å²) in [5.41, 5.74) is 0.202. The maximum absolute atomic E-state index is 12.0. The van der Waals surface area contributed by atoms with Crippen LogP contribution in [0.3, 0.4) is 0 Å². The normalized spacial score (nSPS) is 19.8. The predicted octanol–water partition coefficient (Wildman–Crippen LogP) is 1.23. The zero-order valence-electron chi connectivity index (χ0n) is 14.1. The highest BCUT2D eigenvalue weighted by Crippen LogP contribution is 2.44. The van der Waals surface area contributed by atoms with Crippen LogP contribution in [-0.2, 0) is 30.5 Å². The lowest BCUT2D eigenvalue weighted by atomic mass is 9.85. The molecule has 8 nitrogen and oxygen atoms in total. The zero-order chi connectivity index (χ0) is 18.3. The quantitative estimate of drug-likeness (QED) is 0.733. The molecule has 0 saturated heterocycles. The van der Waals surface area contributed by atoms with Gasteiger partial charge < -0.3 is 13.7 Å². The number of fused-ring (bicyclic) bond motifs is 1. The van der Waals surface area contributed by atoms with Gasteiger partial charge in [0.2, 0.25) is 16.3 Å². The van der Waals surface area contributed by atoms with E-state index in [2.05, 4.69) is 0 Å². The van der Waals surface area contributed by atoms with E-state index in [0.717, 1.165) is 18.9 Å². The van der Waals surface area contributed by atoms with Gasteiger partial charge in [-0.05, 0) is 39.0 Å². The molecule has 2 rings (SSSR count). The van der Waals surface area contributed by atoms with Gasteiger partial charge in [-0.15, -0.1) is 0 Å². The Labute approximate surface area is 142 Å². The first-order valence-electron chi connectivity index (χ1n) is 7.21. The zero-order valence-corrected chi connectivity index (χ0v) is 15.8. The third-order valence-electron chi connectivity index (χ3n) is 3.77. The summed E-state index contributed by atoms with van der Waals surface area (Å²) in [6.45, 7) is 6.13. The SMILES string of the molecule is CCOC1Oc2ccc(OS(=O)(=O)N(C)S(C)(=O)=O)cc2C1(C)C. The third-order valence-corrected chi connectivity index (χ3v) is 7.10. The van der Waals surface area contributed by atoms with E-state index in [1.807, 2.05) is 20.8 Å². The molecule has 136 valence electrons. The molecule has 1 aromatic carbocycles. The first-order valence-corrected chi connectivity index (χ1v) is 10.4. The molecule has 0 spiro atoms. The summed E-state index contributed by atoms with van der Waals surface area (Å²) in [5, 5.41) is 0. The van der Waals surface area contributed by atoms with Gasteiger partial charge in [-0.3, -0.25) is 0 Å². The standard InChI is InChI=1S/C14H21NO7S2/c1-6-20-13-14(2,3)11-9-10(7-8-12(11)21-13)22-24(18,19)15(4)23(5,16)17/h7-9,13H,6H2,1-5H3. The number of rotatable bonds is 6. The molecule has 0 N–H and O–H groups in total. The van der Waals surface area contributed by atoms with E-state index in [1.54, 1.807) is 6.07 Å². The molecular weight excluding hydrogens is 358 g/mol. The van der Waals surface area contributed by atoms with Crippen molar-refractivity contribution in [1.82, 2.24) is 3.71 Å². The fourth-order valence-corrected chi connectivity index (χ4v) is 4.16. The number of nitrogens with zero attached hydrogens (tertiary/aromatic N) is 1. The molecular formula is C14H21NO7S2. The molecule has 24 heavy (non-hydrogen) atoms. The number of hydrogen-bond acceptors (Lipinski definition) is 7. The highest BCUT2D eigenvalue weighted by molar-refractivity contribution is 8.01. The molecule has 1 aliphatic rings. The Morgan fingerprint density at radius 3 is 2.42 bits per heavy atom. The van der Waals surface area contributed by atoms with Crippen LogP contribution in [0.4, 0.5) is 0 Å². The Balaban J connectivity index is 2.33. The molecule has 1 unspecified atom stereocenters. The Morgan fingerprint density at radius 1 is 1.25 bits per heavy atom. The maximum atomic E-state index is 12.0. The fraction of sp³-hybridized carbons (Fsp3) is 0.571. The van der Waals surface area contributed by atoms with E-state index in [-0.39, 0.29) is 9.46 Å². The second-order valence-corrected chi connectivity index (χ2v) is 9.78. The van der Waals surface area contributed by atoms with Crippen molar-refractivity contribution in [1.29, 1.82) is 0 Å². The van der Waals surface area contributed by atoms with Crippen molar-refractivity contribution in [3.05, 3.63) is 23.8 Å². The summed E-state index contributed by atoms with van der Waals surface area (Å²) < 4.78 is 63.3. The summed E-state index contributed by atoms with van der Waals surface area (Å²) in [5.74, 6) is 0.567. The van der Waals surface area contributed by atoms with E-state index in [9.17, 15) is 16.8 Å². The van der Waals surface area contributed by atoms with Crippen LogP contribution in [0.1, 0.15) is 26.3 Å². The van der Waals surface area contributed by atoms with Crippen molar-refractivity contribution >= 4 is 20.3 Å². The van der Waals surface area contributed by atoms with E-state index in [4.69, 9.17) is 13.7 Å². The Bertz CT molecular complexity index is 831. The first-order chi connectivity index (χ1) is 10.9. The van der Waals surface area contributed by atoms with Crippen LogP contribution in [0, 0.1) is 0 Å². The van der Waals surface area contributed by atoms with Crippen LogP contribution in [0.5, 0.6) is 11.5 Å². The molecule has 0 saturated carbocycles. The van der Waals surface area contributed by atoms with Gasteiger partial charge in [0.15, 0.2) is 0 Å². The summed E-state index contributed by atoms with van der Waals surface area (Å²) in [4.78, 5) is 0. The molecule has 0 aliphatic carbocycles. The number of benzene rings is 1. The average Bonchev–Trinajstić information content (AvgIpc) is 2.69. The maximum Gasteiger partial charge on any atom is 0.398 e. The van der Waals surface area contributed by atoms with Gasteiger partial charge in [-0.25, -0.2) is 8.42 Å². The predicted molar refractivity (Wildman–Crippen MR) is 87.7 cm³/mol. The average molecular weight is 379 g/mol. The van der Waals surface area contributed by atoms with Crippen LogP contribution in [-0.4, -0.2) is 46.7 Å². The van der Waals surface area contributed by atoms with Gasteiger partial charge in [0, 0.05) is 19.2 Å². The molecule has 0 amide bonds. The fourth-order valence-electron chi connectivity index (χ4n) is 2.29. The van der Waals surface area contributed by atoms with Gasteiger partial charge in [-0.2, -0.15) is 8.42 Å². The molecule has 10 heteroatoms. The topological polar surface area (TPSA) is 99.2 Å². The van der Waals surface area contributed by atoms with Crippen molar-refractivity contribution < 1.29 is 30.5 Å². The van der Waals surface area contributed by atoms with Crippen LogP contribution in [0.15, 0.2) is 18.2 Å². The Kier molecular flexibility index (Phi) is 4.88. The Morgan fingerprint density at radius 2 is 1.88 bits per heavy atom. The summed E-state index contributed by atoms with van der Waals surface area (Å²) in [6.07, 6.45) is 0.281. The number of hydrogen-bond donors (Lipinski definition) is 0. The Hall–Kier alpha value is -1.36. The van der Waals surface area contributed by atoms with Crippen molar-refractivity contribution in [3.63, 3.8) is 0 Å². The molecule has 1 atom stereocenters. The summed E-state index contributed by atoms with van der Waals surface area (Å²) in [6, 6.07) is 4.49. The molecule has 0 aromatic heterocycles. The smallest absolute Gasteiger partial charge is 0.398 e. The summed E-state index contributed by atoms with van der Waals surface area (Å²) >= 11 is 0. The second kappa shape index (κ2) is 6.17. The van der Waals surface area contributed by atoms with E-state index < -0.39 is 32.0 Å².